The first-order valence-electron chi connectivity index (χ1n) is 17.6. The summed E-state index contributed by atoms with van der Waals surface area (Å²) in [4.78, 5) is 31.9. The molecule has 3 nitrogen and oxygen atoms in total. The van der Waals surface area contributed by atoms with Crippen LogP contribution in [0.1, 0.15) is 110 Å². The fourth-order valence-corrected chi connectivity index (χ4v) is 9.17. The molecule has 4 heteroatoms. The molecule has 7 aromatic rings. The SMILES string of the molecule is CCCCCCc1ccsc1-c1ccc2c3ccc4c5c(ccc(c6cccc1c62)c53)C(=O)N(c1c(C(C)C)cccc1C(C)C)C4=O. The van der Waals surface area contributed by atoms with Gasteiger partial charge in [0.2, 0.25) is 0 Å². The molecule has 1 aliphatic heterocycles. The van der Waals surface area contributed by atoms with E-state index in [0.29, 0.717) is 11.1 Å². The van der Waals surface area contributed by atoms with Gasteiger partial charge in [-0.2, -0.15) is 0 Å². The lowest BCUT2D eigenvalue weighted by molar-refractivity contribution is 0.0893. The average Bonchev–Trinajstić information content (AvgIpc) is 3.56. The second kappa shape index (κ2) is 11.9. The quantitative estimate of drug-likeness (QED) is 0.0677. The number of fused-ring (bicyclic) bond motifs is 2. The first-order chi connectivity index (χ1) is 23.3. The lowest BCUT2D eigenvalue weighted by Crippen LogP contribution is -2.41. The van der Waals surface area contributed by atoms with Gasteiger partial charge >= 0.3 is 0 Å². The lowest BCUT2D eigenvalue weighted by atomic mass is 9.83. The molecule has 1 aromatic heterocycles. The van der Waals surface area contributed by atoms with Crippen molar-refractivity contribution >= 4 is 71.9 Å². The Labute approximate surface area is 286 Å². The van der Waals surface area contributed by atoms with E-state index in [0.717, 1.165) is 55.6 Å². The third-order valence-electron chi connectivity index (χ3n) is 10.5. The van der Waals surface area contributed by atoms with Crippen LogP contribution in [0.3, 0.4) is 0 Å². The summed E-state index contributed by atoms with van der Waals surface area (Å²) >= 11 is 1.84. The number of hydrogen-bond acceptors (Lipinski definition) is 3. The van der Waals surface area contributed by atoms with Gasteiger partial charge in [0, 0.05) is 21.4 Å². The Balaban J connectivity index is 1.34. The number of carbonyl (C=O) groups is 2. The van der Waals surface area contributed by atoms with Crippen LogP contribution in [-0.4, -0.2) is 11.8 Å². The Morgan fingerprint density at radius 3 is 1.77 bits per heavy atom. The van der Waals surface area contributed by atoms with Crippen LogP contribution in [0, 0.1) is 0 Å². The standard InChI is InChI=1S/C44H41NO2S/c1-6-7-8-9-12-27-23-24-48-42(27)35-20-17-32-34-19-22-37-40-36(21-18-33(39(34)40)30-15-11-16-31(35)38(30)32)43(46)45(44(37)47)41-28(25(2)3)13-10-14-29(41)26(4)5/h10-11,13-26H,6-9,12H2,1-5H3. The third-order valence-corrected chi connectivity index (χ3v) is 11.5. The van der Waals surface area contributed by atoms with Crippen molar-refractivity contribution < 1.29 is 9.59 Å². The van der Waals surface area contributed by atoms with Crippen LogP contribution < -0.4 is 4.90 Å². The van der Waals surface area contributed by atoms with E-state index in [9.17, 15) is 9.59 Å². The zero-order chi connectivity index (χ0) is 33.3. The minimum atomic E-state index is -0.241. The summed E-state index contributed by atoms with van der Waals surface area (Å²) in [5.74, 6) is -0.169. The number of imide groups is 1. The van der Waals surface area contributed by atoms with Crippen LogP contribution in [-0.2, 0) is 6.42 Å². The summed E-state index contributed by atoms with van der Waals surface area (Å²) in [6.45, 7) is 10.8. The molecule has 0 aliphatic carbocycles. The maximum absolute atomic E-state index is 14.6. The van der Waals surface area contributed by atoms with Crippen LogP contribution >= 0.6 is 11.3 Å². The maximum atomic E-state index is 14.6. The number of para-hydroxylation sites is 1. The van der Waals surface area contributed by atoms with Crippen molar-refractivity contribution in [3.63, 3.8) is 0 Å². The molecule has 6 aromatic carbocycles. The third kappa shape index (κ3) is 4.53. The minimum Gasteiger partial charge on any atom is -0.268 e. The zero-order valence-corrected chi connectivity index (χ0v) is 29.3. The summed E-state index contributed by atoms with van der Waals surface area (Å²) in [7, 11) is 0. The summed E-state index contributed by atoms with van der Waals surface area (Å²) in [5, 5.41) is 11.0. The normalized spacial score (nSPS) is 13.5. The Morgan fingerprint density at radius 1 is 0.583 bits per heavy atom. The molecule has 2 heterocycles. The smallest absolute Gasteiger partial charge is 0.266 e. The fraction of sp³-hybridized carbons (Fsp3) is 0.273. The number of benzene rings is 6. The molecule has 0 spiro atoms. The second-order valence-corrected chi connectivity index (χ2v) is 15.0. The van der Waals surface area contributed by atoms with Crippen molar-refractivity contribution in [1.82, 2.24) is 0 Å². The number of aryl methyl sites for hydroxylation is 1. The van der Waals surface area contributed by atoms with Crippen molar-refractivity contribution in [1.29, 1.82) is 0 Å². The molecule has 0 N–H and O–H groups in total. The molecule has 0 bridgehead atoms. The number of anilines is 1. The largest absolute Gasteiger partial charge is 0.268 e. The monoisotopic (exact) mass is 647 g/mol. The van der Waals surface area contributed by atoms with Crippen LogP contribution in [0.2, 0.25) is 0 Å². The minimum absolute atomic E-state index is 0.157. The zero-order valence-electron chi connectivity index (χ0n) is 28.4. The number of hydrogen-bond donors (Lipinski definition) is 0. The molecule has 0 saturated heterocycles. The summed E-state index contributed by atoms with van der Waals surface area (Å²) in [6, 6.07) is 27.8. The van der Waals surface area contributed by atoms with Gasteiger partial charge in [0.15, 0.2) is 0 Å². The molecule has 0 radical (unpaired) electrons. The van der Waals surface area contributed by atoms with Crippen molar-refractivity contribution in [2.75, 3.05) is 4.90 Å². The van der Waals surface area contributed by atoms with Gasteiger partial charge in [0.05, 0.1) is 5.69 Å². The fourth-order valence-electron chi connectivity index (χ4n) is 8.17. The topological polar surface area (TPSA) is 37.4 Å². The van der Waals surface area contributed by atoms with Gasteiger partial charge in [0.25, 0.3) is 11.8 Å². The van der Waals surface area contributed by atoms with Crippen LogP contribution in [0.5, 0.6) is 0 Å². The highest BCUT2D eigenvalue weighted by molar-refractivity contribution is 7.13. The maximum Gasteiger partial charge on any atom is 0.266 e. The molecule has 1 aliphatic rings. The molecular formula is C44H41NO2S. The first kappa shape index (κ1) is 30.8. The highest BCUT2D eigenvalue weighted by atomic mass is 32.1. The first-order valence-corrected chi connectivity index (χ1v) is 18.4. The van der Waals surface area contributed by atoms with Crippen LogP contribution in [0.4, 0.5) is 5.69 Å². The highest BCUT2D eigenvalue weighted by Crippen LogP contribution is 2.48. The van der Waals surface area contributed by atoms with E-state index in [-0.39, 0.29) is 23.7 Å². The van der Waals surface area contributed by atoms with Gasteiger partial charge in [-0.25, -0.2) is 4.90 Å². The molecular weight excluding hydrogens is 607 g/mol. The van der Waals surface area contributed by atoms with Crippen LogP contribution in [0.15, 0.2) is 84.2 Å². The second-order valence-electron chi connectivity index (χ2n) is 14.1. The van der Waals surface area contributed by atoms with Gasteiger partial charge in [-0.3, -0.25) is 9.59 Å². The lowest BCUT2D eigenvalue weighted by Gasteiger charge is -2.32. The Morgan fingerprint density at radius 2 is 1.15 bits per heavy atom. The predicted molar refractivity (Wildman–Crippen MR) is 205 cm³/mol. The average molecular weight is 648 g/mol. The number of carbonyl (C=O) groups excluding carboxylic acids is 2. The molecule has 0 unspecified atom stereocenters. The van der Waals surface area contributed by atoms with E-state index in [1.54, 1.807) is 0 Å². The number of rotatable bonds is 9. The summed E-state index contributed by atoms with van der Waals surface area (Å²) in [5.41, 5.74) is 6.70. The van der Waals surface area contributed by atoms with Crippen molar-refractivity contribution in [3.8, 4) is 10.4 Å². The summed E-state index contributed by atoms with van der Waals surface area (Å²) < 4.78 is 0. The predicted octanol–water partition coefficient (Wildman–Crippen LogP) is 12.6. The molecule has 0 atom stereocenters. The van der Waals surface area contributed by atoms with Gasteiger partial charge in [0.1, 0.15) is 0 Å². The molecule has 8 rings (SSSR count). The molecule has 0 saturated carbocycles. The van der Waals surface area contributed by atoms with E-state index in [2.05, 4.69) is 101 Å². The number of unbranched alkanes of at least 4 members (excludes halogenated alkanes) is 3. The van der Waals surface area contributed by atoms with Gasteiger partial charge in [-0.1, -0.05) is 115 Å². The van der Waals surface area contributed by atoms with E-state index < -0.39 is 0 Å². The van der Waals surface area contributed by atoms with Gasteiger partial charge in [-0.15, -0.1) is 11.3 Å². The van der Waals surface area contributed by atoms with Crippen molar-refractivity contribution in [2.45, 2.75) is 78.6 Å². The van der Waals surface area contributed by atoms with E-state index in [1.165, 1.54) is 57.4 Å². The number of thiophene rings is 1. The Hall–Kier alpha value is -4.54. The Kier molecular flexibility index (Phi) is 7.60. The molecule has 240 valence electrons. The number of amides is 2. The van der Waals surface area contributed by atoms with E-state index >= 15 is 0 Å². The van der Waals surface area contributed by atoms with Gasteiger partial charge in [-0.05, 0) is 108 Å². The van der Waals surface area contributed by atoms with Crippen molar-refractivity contribution in [2.24, 2.45) is 0 Å². The van der Waals surface area contributed by atoms with Gasteiger partial charge < -0.3 is 0 Å². The van der Waals surface area contributed by atoms with Crippen LogP contribution in [0.25, 0.3) is 53.5 Å². The highest BCUT2D eigenvalue weighted by Gasteiger charge is 2.38. The Bertz CT molecular complexity index is 2300. The van der Waals surface area contributed by atoms with E-state index in [1.807, 2.05) is 29.5 Å². The van der Waals surface area contributed by atoms with E-state index in [4.69, 9.17) is 0 Å². The number of nitrogens with zero attached hydrogens (tertiary/aromatic N) is 1. The molecule has 0 fully saturated rings. The molecule has 2 amide bonds. The molecule has 48 heavy (non-hydrogen) atoms. The van der Waals surface area contributed by atoms with Crippen molar-refractivity contribution in [3.05, 3.63) is 112 Å². The summed E-state index contributed by atoms with van der Waals surface area (Å²) in [6.07, 6.45) is 6.12.